The summed E-state index contributed by atoms with van der Waals surface area (Å²) in [4.78, 5) is 10.4. The highest BCUT2D eigenvalue weighted by molar-refractivity contribution is 5.90. The van der Waals surface area contributed by atoms with Crippen LogP contribution in [-0.4, -0.2) is 11.1 Å². The van der Waals surface area contributed by atoms with E-state index >= 15 is 0 Å². The van der Waals surface area contributed by atoms with Gasteiger partial charge < -0.3 is 10.2 Å². The van der Waals surface area contributed by atoms with Gasteiger partial charge in [0, 0.05) is 0 Å². The second kappa shape index (κ2) is 3.26. The number of aryl methyl sites for hydroxylation is 1. The molecule has 0 amide bonds. The summed E-state index contributed by atoms with van der Waals surface area (Å²) in [6.45, 7) is 1.91. The lowest BCUT2D eigenvalue weighted by Gasteiger charge is -2.10. The van der Waals surface area contributed by atoms with Crippen molar-refractivity contribution in [1.29, 1.82) is 0 Å². The van der Waals surface area contributed by atoms with Crippen LogP contribution in [0.3, 0.4) is 0 Å². The van der Waals surface area contributed by atoms with Crippen molar-refractivity contribution in [2.75, 3.05) is 0 Å². The van der Waals surface area contributed by atoms with Crippen LogP contribution in [0.25, 0.3) is 0 Å². The fourth-order valence-corrected chi connectivity index (χ4v) is 0.963. The van der Waals surface area contributed by atoms with Gasteiger partial charge in [0.05, 0.1) is 5.56 Å². The van der Waals surface area contributed by atoms with Crippen molar-refractivity contribution in [3.05, 3.63) is 29.3 Å². The molecule has 0 aliphatic heterocycles. The SMILES string of the molecule is CCc1ccc(C(=O)O)c([O-])c1. The first-order valence-corrected chi connectivity index (χ1v) is 3.68. The van der Waals surface area contributed by atoms with Crippen molar-refractivity contribution in [2.24, 2.45) is 0 Å². The summed E-state index contributed by atoms with van der Waals surface area (Å²) in [7, 11) is 0. The molecule has 1 aromatic rings. The molecule has 0 unspecified atom stereocenters. The van der Waals surface area contributed by atoms with Gasteiger partial charge in [-0.1, -0.05) is 24.8 Å². The van der Waals surface area contributed by atoms with Crippen LogP contribution in [-0.2, 0) is 6.42 Å². The average Bonchev–Trinajstić information content (AvgIpc) is 2.03. The molecule has 0 radical (unpaired) electrons. The molecule has 3 heteroatoms. The smallest absolute Gasteiger partial charge is 0.335 e. The van der Waals surface area contributed by atoms with E-state index in [0.29, 0.717) is 0 Å². The lowest BCUT2D eigenvalue weighted by Crippen LogP contribution is -2.04. The molecule has 0 aliphatic carbocycles. The third-order valence-electron chi connectivity index (χ3n) is 1.68. The van der Waals surface area contributed by atoms with Crippen LogP contribution in [0.1, 0.15) is 22.8 Å². The summed E-state index contributed by atoms with van der Waals surface area (Å²) in [5.74, 6) is -1.58. The Bertz CT molecular complexity index is 305. The summed E-state index contributed by atoms with van der Waals surface area (Å²) in [5.41, 5.74) is 0.706. The topological polar surface area (TPSA) is 60.4 Å². The van der Waals surface area contributed by atoms with Gasteiger partial charge in [0.1, 0.15) is 0 Å². The van der Waals surface area contributed by atoms with E-state index in [1.807, 2.05) is 6.92 Å². The Morgan fingerprint density at radius 3 is 2.67 bits per heavy atom. The number of hydrogen-bond acceptors (Lipinski definition) is 2. The third kappa shape index (κ3) is 1.56. The van der Waals surface area contributed by atoms with Crippen molar-refractivity contribution in [3.8, 4) is 5.75 Å². The maximum absolute atomic E-state index is 11.1. The van der Waals surface area contributed by atoms with Crippen molar-refractivity contribution >= 4 is 5.97 Å². The number of carboxylic acids is 1. The van der Waals surface area contributed by atoms with E-state index in [-0.39, 0.29) is 5.56 Å². The van der Waals surface area contributed by atoms with Crippen LogP contribution in [0.4, 0.5) is 0 Å². The van der Waals surface area contributed by atoms with Crippen LogP contribution in [0.2, 0.25) is 0 Å². The molecule has 1 N–H and O–H groups in total. The molecule has 0 saturated heterocycles. The van der Waals surface area contributed by atoms with Gasteiger partial charge in [0.15, 0.2) is 0 Å². The Morgan fingerprint density at radius 2 is 2.25 bits per heavy atom. The molecule has 3 nitrogen and oxygen atoms in total. The molecule has 0 spiro atoms. The molecular formula is C9H9O3-. The van der Waals surface area contributed by atoms with Crippen LogP contribution in [0.15, 0.2) is 18.2 Å². The van der Waals surface area contributed by atoms with Crippen molar-refractivity contribution in [1.82, 2.24) is 0 Å². The van der Waals surface area contributed by atoms with E-state index in [0.717, 1.165) is 12.0 Å². The molecular weight excluding hydrogens is 156 g/mol. The Hall–Kier alpha value is -1.51. The molecule has 1 rings (SSSR count). The molecule has 0 atom stereocenters. The maximum Gasteiger partial charge on any atom is 0.335 e. The van der Waals surface area contributed by atoms with Crippen molar-refractivity contribution < 1.29 is 15.0 Å². The van der Waals surface area contributed by atoms with E-state index in [9.17, 15) is 9.90 Å². The second-order valence-electron chi connectivity index (χ2n) is 2.49. The van der Waals surface area contributed by atoms with E-state index in [2.05, 4.69) is 0 Å². The van der Waals surface area contributed by atoms with E-state index < -0.39 is 11.7 Å². The summed E-state index contributed by atoms with van der Waals surface area (Å²) in [6.07, 6.45) is 0.745. The number of hydrogen-bond donors (Lipinski definition) is 1. The van der Waals surface area contributed by atoms with Crippen LogP contribution >= 0.6 is 0 Å². The average molecular weight is 165 g/mol. The maximum atomic E-state index is 11.1. The minimum atomic E-state index is -1.16. The fourth-order valence-electron chi connectivity index (χ4n) is 0.963. The van der Waals surface area contributed by atoms with E-state index in [1.54, 1.807) is 6.07 Å². The van der Waals surface area contributed by atoms with Gasteiger partial charge in [-0.25, -0.2) is 4.79 Å². The first-order valence-electron chi connectivity index (χ1n) is 3.68. The zero-order valence-corrected chi connectivity index (χ0v) is 6.70. The number of carboxylic acid groups (broad SMARTS) is 1. The second-order valence-corrected chi connectivity index (χ2v) is 2.49. The van der Waals surface area contributed by atoms with Gasteiger partial charge >= 0.3 is 5.97 Å². The van der Waals surface area contributed by atoms with Crippen molar-refractivity contribution in [2.45, 2.75) is 13.3 Å². The van der Waals surface area contributed by atoms with Crippen LogP contribution in [0, 0.1) is 0 Å². The highest BCUT2D eigenvalue weighted by atomic mass is 16.4. The predicted octanol–water partition coefficient (Wildman–Crippen LogP) is 1.02. The Morgan fingerprint density at radius 1 is 1.58 bits per heavy atom. The van der Waals surface area contributed by atoms with Gasteiger partial charge in [0.2, 0.25) is 0 Å². The molecule has 0 saturated carbocycles. The van der Waals surface area contributed by atoms with Crippen molar-refractivity contribution in [3.63, 3.8) is 0 Å². The molecule has 1 aromatic carbocycles. The highest BCUT2D eigenvalue weighted by Gasteiger charge is 2.02. The normalized spacial score (nSPS) is 9.75. The summed E-state index contributed by atoms with van der Waals surface area (Å²) >= 11 is 0. The Kier molecular flexibility index (Phi) is 2.33. The van der Waals surface area contributed by atoms with Gasteiger partial charge in [-0.2, -0.15) is 0 Å². The zero-order chi connectivity index (χ0) is 9.14. The lowest BCUT2D eigenvalue weighted by atomic mass is 10.1. The Labute approximate surface area is 70.3 Å². The molecule has 12 heavy (non-hydrogen) atoms. The van der Waals surface area contributed by atoms with Gasteiger partial charge in [-0.15, -0.1) is 0 Å². The number of benzene rings is 1. The lowest BCUT2D eigenvalue weighted by molar-refractivity contribution is -0.268. The molecule has 0 bridgehead atoms. The van der Waals surface area contributed by atoms with Crippen LogP contribution < -0.4 is 5.11 Å². The summed E-state index contributed by atoms with van der Waals surface area (Å²) in [6, 6.07) is 4.37. The first kappa shape index (κ1) is 8.59. The summed E-state index contributed by atoms with van der Waals surface area (Å²) < 4.78 is 0. The molecule has 0 aromatic heterocycles. The number of aromatic carboxylic acids is 1. The molecule has 0 aliphatic rings. The minimum absolute atomic E-state index is 0.160. The van der Waals surface area contributed by atoms with E-state index in [1.165, 1.54) is 12.1 Å². The molecule has 0 fully saturated rings. The summed E-state index contributed by atoms with van der Waals surface area (Å²) in [5, 5.41) is 19.6. The minimum Gasteiger partial charge on any atom is -0.872 e. The quantitative estimate of drug-likeness (QED) is 0.711. The standard InChI is InChI=1S/C9H10O3/c1-2-6-3-4-7(9(11)12)8(10)5-6/h3-5,10H,2H2,1H3,(H,11,12)/p-1. The largest absolute Gasteiger partial charge is 0.872 e. The first-order chi connectivity index (χ1) is 5.65. The van der Waals surface area contributed by atoms with Crippen LogP contribution in [0.5, 0.6) is 5.75 Å². The monoisotopic (exact) mass is 165 g/mol. The van der Waals surface area contributed by atoms with Gasteiger partial charge in [0.25, 0.3) is 0 Å². The molecule has 0 heterocycles. The van der Waals surface area contributed by atoms with E-state index in [4.69, 9.17) is 5.11 Å². The molecule has 64 valence electrons. The van der Waals surface area contributed by atoms with Gasteiger partial charge in [-0.3, -0.25) is 0 Å². The third-order valence-corrected chi connectivity index (χ3v) is 1.68. The number of carbonyl (C=O) groups is 1. The zero-order valence-electron chi connectivity index (χ0n) is 6.70. The number of rotatable bonds is 2. The van der Waals surface area contributed by atoms with Gasteiger partial charge in [-0.05, 0) is 18.1 Å². The predicted molar refractivity (Wildman–Crippen MR) is 42.2 cm³/mol. The highest BCUT2D eigenvalue weighted by Crippen LogP contribution is 2.15. The Balaban J connectivity index is 3.12. The fraction of sp³-hybridized carbons (Fsp3) is 0.222.